The van der Waals surface area contributed by atoms with Crippen LogP contribution in [0.25, 0.3) is 6.08 Å². The first kappa shape index (κ1) is 51.5. The van der Waals surface area contributed by atoms with Crippen LogP contribution >= 0.6 is 0 Å². The van der Waals surface area contributed by atoms with Gasteiger partial charge in [0, 0.05) is 32.2 Å². The fourth-order valence-corrected chi connectivity index (χ4v) is 13.8. The largest absolute Gasteiger partial charge is 0.460 e. The standard InChI is InChI=1S/C56H83N3O11/c1-9-11-13-25-55(26-14-12-10-2)68-45-42-32-56(51(64)58-28-16-19-41(58)49(62)57-38(34-60)21-23-44(61)67-52(3,4)5)47(50(63)65-42)59(70-48(56)46(45)69-55)33-36-18-15-17-35(29-36)30-37-20-22-43-54(8,66-43)27-24-40-39(37)31-53(40,6)7/h15,17-18,29-30,38-43,45-48,60H,9-14,16,19-28,31-34H2,1-8H3,(H,57,62)/t38-,39+,40+,41+,42+,43?,45-,46-,47-,48+,54+,56-/m0/s1. The number of esters is 2. The molecule has 1 aromatic rings. The number of allylic oxidation sites excluding steroid dienone is 1. The molecule has 14 heteroatoms. The molecule has 5 heterocycles. The van der Waals surface area contributed by atoms with Gasteiger partial charge in [-0.2, -0.15) is 5.06 Å². The second kappa shape index (κ2) is 20.1. The number of hydrogen-bond donors (Lipinski definition) is 2. The Morgan fingerprint density at radius 1 is 0.971 bits per heavy atom. The number of carbonyl (C=O) groups is 4. The minimum absolute atomic E-state index is 0.00828. The van der Waals surface area contributed by atoms with E-state index in [1.54, 1.807) is 30.7 Å². The Morgan fingerprint density at radius 2 is 1.71 bits per heavy atom. The quantitative estimate of drug-likeness (QED) is 0.0820. The van der Waals surface area contributed by atoms with E-state index in [9.17, 15) is 19.5 Å². The molecule has 12 atom stereocenters. The molecule has 2 bridgehead atoms. The van der Waals surface area contributed by atoms with Gasteiger partial charge in [-0.15, -0.1) is 0 Å². The van der Waals surface area contributed by atoms with E-state index in [1.807, 2.05) is 6.07 Å². The molecule has 5 saturated heterocycles. The molecule has 1 aromatic carbocycles. The Morgan fingerprint density at radius 3 is 2.41 bits per heavy atom. The Labute approximate surface area is 416 Å². The first-order chi connectivity index (χ1) is 33.3. The monoisotopic (exact) mass is 974 g/mol. The van der Waals surface area contributed by atoms with E-state index in [-0.39, 0.29) is 43.9 Å². The number of hydrogen-bond acceptors (Lipinski definition) is 12. The normalized spacial score (nSPS) is 35.8. The van der Waals surface area contributed by atoms with Crippen molar-refractivity contribution in [3.05, 3.63) is 41.0 Å². The number of hydroxylamine groups is 2. The fraction of sp³-hybridized carbons (Fsp3) is 0.786. The molecule has 8 aliphatic rings. The van der Waals surface area contributed by atoms with Gasteiger partial charge in [-0.25, -0.2) is 0 Å². The van der Waals surface area contributed by atoms with Crippen LogP contribution in [0.5, 0.6) is 0 Å². The molecule has 0 radical (unpaired) electrons. The minimum Gasteiger partial charge on any atom is -0.460 e. The number of amides is 2. The lowest BCUT2D eigenvalue weighted by atomic mass is 9.52. The number of benzene rings is 1. The van der Waals surface area contributed by atoms with Crippen molar-refractivity contribution >= 4 is 29.8 Å². The van der Waals surface area contributed by atoms with Crippen molar-refractivity contribution in [1.29, 1.82) is 0 Å². The maximum absolute atomic E-state index is 15.8. The van der Waals surface area contributed by atoms with E-state index in [4.69, 9.17) is 28.5 Å². The molecule has 3 saturated carbocycles. The molecule has 2 amide bonds. The summed E-state index contributed by atoms with van der Waals surface area (Å²) >= 11 is 0. The van der Waals surface area contributed by atoms with Crippen molar-refractivity contribution < 1.29 is 52.8 Å². The summed E-state index contributed by atoms with van der Waals surface area (Å²) in [5, 5.41) is 14.9. The molecule has 3 aliphatic carbocycles. The SMILES string of the molecule is CCCCCC1(CCCCC)O[C@@H]2[C@H](O1)[C@H]1ON(Cc3cccc(C=C4CCC5O[C@]5(C)CC[C@@H]5[C@@H]4CC5(C)C)c3)[C@H]3C(=O)O[C@@H]2C[C@@]13C(=O)N1CCC[C@@H]1C(=O)N[C@H](CO)CCC(=O)OC(C)(C)C. The molecule has 5 aliphatic heterocycles. The second-order valence-corrected chi connectivity index (χ2v) is 24.2. The van der Waals surface area contributed by atoms with Crippen LogP contribution in [0.2, 0.25) is 0 Å². The van der Waals surface area contributed by atoms with Crippen molar-refractivity contribution in [3.8, 4) is 0 Å². The number of ether oxygens (including phenoxy) is 5. The number of nitrogens with one attached hydrogen (secondary N) is 1. The number of unbranched alkanes of at least 4 members (excludes halogenated alkanes) is 4. The molecule has 8 fully saturated rings. The Balaban J connectivity index is 1.01. The second-order valence-electron chi connectivity index (χ2n) is 24.2. The summed E-state index contributed by atoms with van der Waals surface area (Å²) in [6.07, 6.45) is 13.9. The first-order valence-corrected chi connectivity index (χ1v) is 27.2. The fourth-order valence-electron chi connectivity index (χ4n) is 13.8. The minimum atomic E-state index is -1.44. The van der Waals surface area contributed by atoms with E-state index in [0.717, 1.165) is 68.9 Å². The number of carbonyl (C=O) groups excluding carboxylic acids is 4. The van der Waals surface area contributed by atoms with Crippen LogP contribution in [-0.2, 0) is 54.2 Å². The summed E-state index contributed by atoms with van der Waals surface area (Å²) < 4.78 is 32.3. The highest BCUT2D eigenvalue weighted by molar-refractivity contribution is 5.96. The van der Waals surface area contributed by atoms with Gasteiger partial charge in [0.05, 0.1) is 30.9 Å². The zero-order valence-electron chi connectivity index (χ0n) is 43.4. The summed E-state index contributed by atoms with van der Waals surface area (Å²) in [7, 11) is 0. The molecular formula is C56H83N3O11. The Hall–Kier alpha value is -3.40. The van der Waals surface area contributed by atoms with Gasteiger partial charge in [0.2, 0.25) is 11.8 Å². The lowest BCUT2D eigenvalue weighted by Gasteiger charge is -2.53. The molecule has 1 unspecified atom stereocenters. The van der Waals surface area contributed by atoms with E-state index >= 15 is 4.79 Å². The lowest BCUT2D eigenvalue weighted by Crippen LogP contribution is -2.70. The third-order valence-electron chi connectivity index (χ3n) is 17.5. The van der Waals surface area contributed by atoms with Crippen LogP contribution in [0.3, 0.4) is 0 Å². The summed E-state index contributed by atoms with van der Waals surface area (Å²) in [5.74, 6) is -1.46. The van der Waals surface area contributed by atoms with Crippen molar-refractivity contribution in [2.75, 3.05) is 13.2 Å². The number of aliphatic hydroxyl groups excluding tert-OH is 1. The zero-order valence-corrected chi connectivity index (χ0v) is 43.4. The van der Waals surface area contributed by atoms with E-state index in [1.165, 1.54) is 18.4 Å². The molecule has 0 spiro atoms. The highest BCUT2D eigenvalue weighted by atomic mass is 16.8. The number of fused-ring (bicyclic) bond motifs is 6. The molecule has 0 aromatic heterocycles. The summed E-state index contributed by atoms with van der Waals surface area (Å²) in [6.45, 7) is 17.0. The number of likely N-dealkylation sites (tertiary alicyclic amines) is 1. The highest BCUT2D eigenvalue weighted by Crippen LogP contribution is 2.61. The smallest absolute Gasteiger partial charge is 0.327 e. The van der Waals surface area contributed by atoms with Crippen molar-refractivity contribution in [2.24, 2.45) is 22.7 Å². The number of aliphatic hydroxyl groups is 1. The van der Waals surface area contributed by atoms with Gasteiger partial charge in [0.1, 0.15) is 41.5 Å². The van der Waals surface area contributed by atoms with Gasteiger partial charge < -0.3 is 39.0 Å². The summed E-state index contributed by atoms with van der Waals surface area (Å²) in [4.78, 5) is 66.1. The predicted octanol–water partition coefficient (Wildman–Crippen LogP) is 8.49. The Bertz CT molecular complexity index is 2130. The van der Waals surface area contributed by atoms with Crippen molar-refractivity contribution in [3.63, 3.8) is 0 Å². The number of nitrogens with zero attached hydrogens (tertiary/aromatic N) is 2. The van der Waals surface area contributed by atoms with Gasteiger partial charge in [-0.05, 0) is 120 Å². The highest BCUT2D eigenvalue weighted by Gasteiger charge is 2.77. The van der Waals surface area contributed by atoms with Gasteiger partial charge in [-0.3, -0.25) is 24.0 Å². The average molecular weight is 974 g/mol. The van der Waals surface area contributed by atoms with Gasteiger partial charge in [0.25, 0.3) is 0 Å². The maximum Gasteiger partial charge on any atom is 0.327 e. The lowest BCUT2D eigenvalue weighted by molar-refractivity contribution is -0.225. The maximum atomic E-state index is 15.8. The topological polar surface area (TPSA) is 166 Å². The summed E-state index contributed by atoms with van der Waals surface area (Å²) in [6, 6.07) is 5.76. The average Bonchev–Trinajstić information content (AvgIpc) is 3.68. The zero-order chi connectivity index (χ0) is 49.8. The first-order valence-electron chi connectivity index (χ1n) is 27.2. The molecular weight excluding hydrogens is 891 g/mol. The van der Waals surface area contributed by atoms with Crippen LogP contribution in [-0.4, -0.2) is 118 Å². The molecule has 388 valence electrons. The molecule has 70 heavy (non-hydrogen) atoms. The predicted molar refractivity (Wildman–Crippen MR) is 262 cm³/mol. The van der Waals surface area contributed by atoms with Gasteiger partial charge in [0.15, 0.2) is 11.8 Å². The van der Waals surface area contributed by atoms with E-state index < -0.39 is 77.2 Å². The van der Waals surface area contributed by atoms with E-state index in [0.29, 0.717) is 55.6 Å². The van der Waals surface area contributed by atoms with Crippen molar-refractivity contribution in [2.45, 2.75) is 243 Å². The van der Waals surface area contributed by atoms with Crippen LogP contribution in [0, 0.1) is 22.7 Å². The summed E-state index contributed by atoms with van der Waals surface area (Å²) in [5.41, 5.74) is 1.72. The van der Waals surface area contributed by atoms with Gasteiger partial charge >= 0.3 is 11.9 Å². The van der Waals surface area contributed by atoms with Crippen molar-refractivity contribution in [1.82, 2.24) is 15.3 Å². The number of rotatable bonds is 18. The van der Waals surface area contributed by atoms with Gasteiger partial charge in [-0.1, -0.05) is 89.3 Å². The van der Waals surface area contributed by atoms with Crippen LogP contribution < -0.4 is 5.32 Å². The van der Waals surface area contributed by atoms with Crippen LogP contribution in [0.1, 0.15) is 182 Å². The Kier molecular flexibility index (Phi) is 14.8. The molecule has 2 N–H and O–H groups in total. The number of epoxide rings is 1. The third-order valence-corrected chi connectivity index (χ3v) is 17.5. The van der Waals surface area contributed by atoms with Crippen LogP contribution in [0.4, 0.5) is 0 Å². The molecule has 14 nitrogen and oxygen atoms in total. The van der Waals surface area contributed by atoms with Crippen LogP contribution in [0.15, 0.2) is 29.8 Å². The third kappa shape index (κ3) is 10.1. The van der Waals surface area contributed by atoms with E-state index in [2.05, 4.69) is 64.2 Å². The molecule has 9 rings (SSSR count).